The lowest BCUT2D eigenvalue weighted by molar-refractivity contribution is -0.137. The molecule has 1 aromatic carbocycles. The minimum Gasteiger partial charge on any atom is -0.369 e. The van der Waals surface area contributed by atoms with Crippen molar-refractivity contribution < 1.29 is 13.2 Å². The highest BCUT2D eigenvalue weighted by Gasteiger charge is 2.32. The molecule has 2 N–H and O–H groups in total. The predicted octanol–water partition coefficient (Wildman–Crippen LogP) is 3.79. The van der Waals surface area contributed by atoms with Gasteiger partial charge in [0.2, 0.25) is 0 Å². The Hall–Kier alpha value is -1.23. The highest BCUT2D eigenvalue weighted by atomic mass is 19.4. The number of nitrogens with two attached hydrogens (primary N) is 1. The van der Waals surface area contributed by atoms with Crippen LogP contribution in [0.5, 0.6) is 0 Å². The Bertz CT molecular complexity index is 465. The number of rotatable bonds is 5. The molecule has 0 aromatic heterocycles. The molecule has 1 aliphatic rings. The molecule has 0 saturated heterocycles. The molecule has 0 aliphatic heterocycles. The summed E-state index contributed by atoms with van der Waals surface area (Å²) in [4.78, 5) is 2.17. The molecule has 1 aliphatic carbocycles. The zero-order valence-corrected chi connectivity index (χ0v) is 11.9. The molecule has 1 saturated carbocycles. The SMILES string of the molecule is CC(C)N(CC1CC1)c1ccc(C(F)(F)F)cc1CN. The number of hydrogen-bond acceptors (Lipinski definition) is 2. The van der Waals surface area contributed by atoms with Crippen molar-refractivity contribution in [3.63, 3.8) is 0 Å². The summed E-state index contributed by atoms with van der Waals surface area (Å²) in [6.45, 7) is 5.13. The van der Waals surface area contributed by atoms with Gasteiger partial charge in [-0.3, -0.25) is 0 Å². The van der Waals surface area contributed by atoms with Crippen molar-refractivity contribution in [3.05, 3.63) is 29.3 Å². The van der Waals surface area contributed by atoms with Crippen molar-refractivity contribution >= 4 is 5.69 Å². The van der Waals surface area contributed by atoms with E-state index in [2.05, 4.69) is 18.7 Å². The maximum absolute atomic E-state index is 12.8. The van der Waals surface area contributed by atoms with E-state index >= 15 is 0 Å². The van der Waals surface area contributed by atoms with Gasteiger partial charge < -0.3 is 10.6 Å². The van der Waals surface area contributed by atoms with Gasteiger partial charge in [-0.15, -0.1) is 0 Å². The third kappa shape index (κ3) is 3.45. The molecule has 2 rings (SSSR count). The van der Waals surface area contributed by atoms with Gasteiger partial charge in [0.1, 0.15) is 0 Å². The van der Waals surface area contributed by atoms with Gasteiger partial charge in [-0.2, -0.15) is 13.2 Å². The summed E-state index contributed by atoms with van der Waals surface area (Å²) >= 11 is 0. The van der Waals surface area contributed by atoms with Crippen molar-refractivity contribution in [3.8, 4) is 0 Å². The van der Waals surface area contributed by atoms with Gasteiger partial charge in [0.15, 0.2) is 0 Å². The van der Waals surface area contributed by atoms with Crippen LogP contribution < -0.4 is 10.6 Å². The van der Waals surface area contributed by atoms with Gasteiger partial charge in [-0.05, 0) is 56.4 Å². The number of benzene rings is 1. The van der Waals surface area contributed by atoms with E-state index in [-0.39, 0.29) is 12.6 Å². The summed E-state index contributed by atoms with van der Waals surface area (Å²) in [6.07, 6.45) is -1.90. The van der Waals surface area contributed by atoms with Crippen molar-refractivity contribution in [2.24, 2.45) is 11.7 Å². The van der Waals surface area contributed by atoms with Crippen molar-refractivity contribution in [2.75, 3.05) is 11.4 Å². The third-order valence-electron chi connectivity index (χ3n) is 3.71. The molecule has 0 bridgehead atoms. The van der Waals surface area contributed by atoms with Crippen LogP contribution in [0.3, 0.4) is 0 Å². The predicted molar refractivity (Wildman–Crippen MR) is 74.5 cm³/mol. The molecule has 1 aromatic rings. The number of alkyl halides is 3. The average molecular weight is 286 g/mol. The van der Waals surface area contributed by atoms with Gasteiger partial charge in [0, 0.05) is 24.8 Å². The summed E-state index contributed by atoms with van der Waals surface area (Å²) in [6, 6.07) is 4.14. The fraction of sp³-hybridized carbons (Fsp3) is 0.600. The van der Waals surface area contributed by atoms with Crippen molar-refractivity contribution in [2.45, 2.75) is 45.5 Å². The monoisotopic (exact) mass is 286 g/mol. The second-order valence-corrected chi connectivity index (χ2v) is 5.73. The zero-order valence-electron chi connectivity index (χ0n) is 11.9. The van der Waals surface area contributed by atoms with E-state index in [0.717, 1.165) is 18.3 Å². The number of hydrogen-bond donors (Lipinski definition) is 1. The van der Waals surface area contributed by atoms with Crippen LogP contribution in [0.2, 0.25) is 0 Å². The standard InChI is InChI=1S/C15H21F3N2/c1-10(2)20(9-11-3-4-11)14-6-5-13(15(16,17)18)7-12(14)8-19/h5-7,10-11H,3-4,8-9,19H2,1-2H3. The lowest BCUT2D eigenvalue weighted by Crippen LogP contribution is -2.34. The molecular weight excluding hydrogens is 265 g/mol. The molecule has 1 fully saturated rings. The summed E-state index contributed by atoms with van der Waals surface area (Å²) in [5.74, 6) is 0.672. The van der Waals surface area contributed by atoms with Crippen LogP contribution >= 0.6 is 0 Å². The van der Waals surface area contributed by atoms with Crippen LogP contribution in [-0.2, 0) is 12.7 Å². The van der Waals surface area contributed by atoms with Gasteiger partial charge in [0.05, 0.1) is 5.56 Å². The summed E-state index contributed by atoms with van der Waals surface area (Å²) in [5.41, 5.74) is 6.42. The summed E-state index contributed by atoms with van der Waals surface area (Å²) < 4.78 is 38.3. The van der Waals surface area contributed by atoms with Crippen molar-refractivity contribution in [1.82, 2.24) is 0 Å². The molecule has 0 unspecified atom stereocenters. The fourth-order valence-corrected chi connectivity index (χ4v) is 2.37. The largest absolute Gasteiger partial charge is 0.416 e. The van der Waals surface area contributed by atoms with Crippen LogP contribution in [0.4, 0.5) is 18.9 Å². The Morgan fingerprint density at radius 2 is 1.95 bits per heavy atom. The van der Waals surface area contributed by atoms with Crippen LogP contribution in [-0.4, -0.2) is 12.6 Å². The molecule has 0 amide bonds. The molecule has 2 nitrogen and oxygen atoms in total. The van der Waals surface area contributed by atoms with E-state index < -0.39 is 11.7 Å². The van der Waals surface area contributed by atoms with Crippen LogP contribution in [0.25, 0.3) is 0 Å². The lowest BCUT2D eigenvalue weighted by atomic mass is 10.1. The second kappa shape index (κ2) is 5.64. The van der Waals surface area contributed by atoms with Crippen molar-refractivity contribution in [1.29, 1.82) is 0 Å². The van der Waals surface area contributed by atoms with E-state index in [9.17, 15) is 13.2 Å². The Balaban J connectivity index is 2.33. The van der Waals surface area contributed by atoms with Crippen LogP contribution in [0.1, 0.15) is 37.8 Å². The highest BCUT2D eigenvalue weighted by molar-refractivity contribution is 5.56. The fourth-order valence-electron chi connectivity index (χ4n) is 2.37. The molecule has 0 radical (unpaired) electrons. The van der Waals surface area contributed by atoms with E-state index in [1.807, 2.05) is 0 Å². The minimum atomic E-state index is -4.32. The summed E-state index contributed by atoms with van der Waals surface area (Å²) in [7, 11) is 0. The Labute approximate surface area is 117 Å². The maximum atomic E-state index is 12.8. The smallest absolute Gasteiger partial charge is 0.369 e. The van der Waals surface area contributed by atoms with Crippen LogP contribution in [0.15, 0.2) is 18.2 Å². The topological polar surface area (TPSA) is 29.3 Å². The summed E-state index contributed by atoms with van der Waals surface area (Å²) in [5, 5.41) is 0. The first-order valence-electron chi connectivity index (χ1n) is 6.99. The molecular formula is C15H21F3N2. The molecule has 0 spiro atoms. The first-order chi connectivity index (χ1) is 9.32. The molecule has 0 heterocycles. The lowest BCUT2D eigenvalue weighted by Gasteiger charge is -2.31. The normalized spacial score (nSPS) is 15.8. The number of halogens is 3. The number of nitrogens with zero attached hydrogens (tertiary/aromatic N) is 1. The van der Waals surface area contributed by atoms with Gasteiger partial charge in [-0.25, -0.2) is 0 Å². The quantitative estimate of drug-likeness (QED) is 0.892. The molecule has 0 atom stereocenters. The first kappa shape index (κ1) is 15.2. The maximum Gasteiger partial charge on any atom is 0.416 e. The zero-order chi connectivity index (χ0) is 14.9. The van der Waals surface area contributed by atoms with E-state index in [4.69, 9.17) is 5.73 Å². The third-order valence-corrected chi connectivity index (χ3v) is 3.71. The van der Waals surface area contributed by atoms with E-state index in [1.54, 1.807) is 6.07 Å². The Morgan fingerprint density at radius 1 is 1.30 bits per heavy atom. The van der Waals surface area contributed by atoms with Gasteiger partial charge in [0.25, 0.3) is 0 Å². The average Bonchev–Trinajstić information content (AvgIpc) is 3.17. The highest BCUT2D eigenvalue weighted by Crippen LogP contribution is 2.36. The van der Waals surface area contributed by atoms with Crippen LogP contribution in [0, 0.1) is 5.92 Å². The second-order valence-electron chi connectivity index (χ2n) is 5.73. The Morgan fingerprint density at radius 3 is 2.40 bits per heavy atom. The minimum absolute atomic E-state index is 0.118. The number of anilines is 1. The molecule has 5 heteroatoms. The van der Waals surface area contributed by atoms with E-state index in [1.165, 1.54) is 18.9 Å². The van der Waals surface area contributed by atoms with Gasteiger partial charge >= 0.3 is 6.18 Å². The molecule has 112 valence electrons. The first-order valence-corrected chi connectivity index (χ1v) is 6.99. The molecule has 20 heavy (non-hydrogen) atoms. The van der Waals surface area contributed by atoms with E-state index in [0.29, 0.717) is 11.5 Å². The Kier molecular flexibility index (Phi) is 4.28. The van der Waals surface area contributed by atoms with Gasteiger partial charge in [-0.1, -0.05) is 0 Å².